The molecule has 4 heteroatoms. The van der Waals surface area contributed by atoms with E-state index in [0.717, 1.165) is 20.3 Å². The van der Waals surface area contributed by atoms with Gasteiger partial charge < -0.3 is 24.8 Å². The summed E-state index contributed by atoms with van der Waals surface area (Å²) in [7, 11) is 0. The van der Waals surface area contributed by atoms with Gasteiger partial charge in [-0.25, -0.2) is 9.13 Å². The van der Waals surface area contributed by atoms with Crippen LogP contribution < -0.4 is 33.9 Å². The maximum Gasteiger partial charge on any atom is 0.169 e. The molecule has 86 valence electrons. The molecule has 16 heavy (non-hydrogen) atoms. The highest BCUT2D eigenvalue weighted by Gasteiger charge is 2.00. The molecule has 2 aromatic heterocycles. The van der Waals surface area contributed by atoms with Gasteiger partial charge in [0.2, 0.25) is 0 Å². The lowest BCUT2D eigenvalue weighted by atomic mass is 10.1. The summed E-state index contributed by atoms with van der Waals surface area (Å²) in [4.78, 5) is 0. The van der Waals surface area contributed by atoms with E-state index in [1.165, 1.54) is 24.8 Å². The first kappa shape index (κ1) is 7.25. The van der Waals surface area contributed by atoms with Crippen molar-refractivity contribution >= 4 is 0 Å². The first-order chi connectivity index (χ1) is 9.18. The van der Waals surface area contributed by atoms with Crippen molar-refractivity contribution in [2.45, 2.75) is 0 Å². The van der Waals surface area contributed by atoms with E-state index < -0.39 is 14.0 Å². The summed E-state index contributed by atoms with van der Waals surface area (Å²) < 4.78 is 45.9. The second-order valence-electron chi connectivity index (χ2n) is 2.99. The van der Waals surface area contributed by atoms with Gasteiger partial charge in [-0.3, -0.25) is 0 Å². The molecular weight excluding hydrogens is 243 g/mol. The van der Waals surface area contributed by atoms with E-state index in [1.54, 1.807) is 24.3 Å². The molecule has 0 saturated heterocycles. The smallest absolute Gasteiger partial charge is 0.169 e. The van der Waals surface area contributed by atoms with Crippen molar-refractivity contribution in [1.29, 1.82) is 0 Å². The van der Waals surface area contributed by atoms with Gasteiger partial charge in [0.15, 0.2) is 24.8 Å². The number of aryl methyl sites for hydroxylation is 2. The van der Waals surface area contributed by atoms with Crippen LogP contribution in [0.4, 0.5) is 0 Å². The fourth-order valence-corrected chi connectivity index (χ4v) is 1.24. The minimum atomic E-state index is -2.19. The zero-order chi connectivity index (χ0) is 15.0. The van der Waals surface area contributed by atoms with Crippen molar-refractivity contribution in [3.8, 4) is 11.1 Å². The van der Waals surface area contributed by atoms with E-state index in [2.05, 4.69) is 0 Å². The molecule has 0 atom stereocenters. The molecule has 0 spiro atoms. The molecule has 0 fully saturated rings. The van der Waals surface area contributed by atoms with Gasteiger partial charge in [-0.05, 0) is 11.1 Å². The predicted molar refractivity (Wildman–Crippen MR) is 54.2 cm³/mol. The van der Waals surface area contributed by atoms with E-state index in [-0.39, 0.29) is 24.8 Å². The maximum absolute atomic E-state index is 7.28. The summed E-state index contributed by atoms with van der Waals surface area (Å²) in [6.45, 7) is -4.39. The summed E-state index contributed by atoms with van der Waals surface area (Å²) in [6.07, 6.45) is 5.92. The van der Waals surface area contributed by atoms with E-state index in [1.807, 2.05) is 0 Å². The lowest BCUT2D eigenvalue weighted by molar-refractivity contribution is -0.671. The fourth-order valence-electron chi connectivity index (χ4n) is 1.24. The van der Waals surface area contributed by atoms with Crippen LogP contribution in [0.25, 0.3) is 11.1 Å². The summed E-state index contributed by atoms with van der Waals surface area (Å²) in [6, 6.07) is 6.73. The van der Waals surface area contributed by atoms with Crippen LogP contribution in [-0.2, 0) is 14.0 Å². The maximum atomic E-state index is 7.28. The highest BCUT2D eigenvalue weighted by atomic mass is 35.5. The molecule has 0 aliphatic heterocycles. The highest BCUT2D eigenvalue weighted by Crippen LogP contribution is 2.14. The van der Waals surface area contributed by atoms with Gasteiger partial charge in [0.05, 0.1) is 0 Å². The molecule has 0 bridgehead atoms. The fraction of sp³-hybridized carbons (Fsp3) is 0.167. The van der Waals surface area contributed by atoms with Crippen LogP contribution in [0, 0.1) is 0 Å². The monoisotopic (exact) mass is 262 g/mol. The Morgan fingerprint density at radius 3 is 1.31 bits per heavy atom. The number of halogens is 2. The molecule has 0 radical (unpaired) electrons. The molecule has 0 amide bonds. The number of nitrogens with zero attached hydrogens (tertiary/aromatic N) is 2. The highest BCUT2D eigenvalue weighted by molar-refractivity contribution is 5.60. The Balaban J connectivity index is 0.00000220. The summed E-state index contributed by atoms with van der Waals surface area (Å²) >= 11 is 0. The average Bonchev–Trinajstić information content (AvgIpc) is 2.37. The first-order valence-electron chi connectivity index (χ1n) is 7.22. The van der Waals surface area contributed by atoms with Crippen LogP contribution >= 0.6 is 0 Å². The van der Waals surface area contributed by atoms with E-state index in [4.69, 9.17) is 8.22 Å². The quantitative estimate of drug-likeness (QED) is 0.455. The van der Waals surface area contributed by atoms with Crippen LogP contribution in [0.2, 0.25) is 0 Å². The molecule has 0 unspecified atom stereocenters. The molecule has 0 saturated carbocycles. The van der Waals surface area contributed by atoms with Crippen molar-refractivity contribution in [2.24, 2.45) is 14.0 Å². The van der Waals surface area contributed by atoms with Gasteiger partial charge in [-0.15, -0.1) is 0 Å². The minimum absolute atomic E-state index is 0. The number of rotatable bonds is 1. The molecule has 2 aromatic rings. The zero-order valence-corrected chi connectivity index (χ0v) is 9.78. The number of hydrogen-bond donors (Lipinski definition) is 0. The van der Waals surface area contributed by atoms with Gasteiger partial charge in [-0.1, -0.05) is 0 Å². The lowest BCUT2D eigenvalue weighted by Crippen LogP contribution is -3.00. The van der Waals surface area contributed by atoms with Crippen LogP contribution in [0.15, 0.2) is 49.1 Å². The Labute approximate surface area is 117 Å². The van der Waals surface area contributed by atoms with Crippen molar-refractivity contribution < 1.29 is 42.2 Å². The molecule has 0 N–H and O–H groups in total. The molecule has 0 aliphatic carbocycles. The van der Waals surface area contributed by atoms with Gasteiger partial charge in [0.25, 0.3) is 0 Å². The third kappa shape index (κ3) is 3.47. The molecule has 2 heterocycles. The van der Waals surface area contributed by atoms with E-state index in [0.29, 0.717) is 0 Å². The Bertz CT molecular complexity index is 537. The van der Waals surface area contributed by atoms with Gasteiger partial charge in [0.1, 0.15) is 22.2 Å². The number of pyridine rings is 2. The van der Waals surface area contributed by atoms with Crippen LogP contribution in [-0.4, -0.2) is 0 Å². The average molecular weight is 263 g/mol. The largest absolute Gasteiger partial charge is 1.00 e. The van der Waals surface area contributed by atoms with Gasteiger partial charge in [-0.2, -0.15) is 0 Å². The van der Waals surface area contributed by atoms with Crippen LogP contribution in [0.5, 0.6) is 0 Å². The second-order valence-corrected chi connectivity index (χ2v) is 2.99. The van der Waals surface area contributed by atoms with E-state index in [9.17, 15) is 0 Å². The number of aromatic nitrogens is 2. The summed E-state index contributed by atoms with van der Waals surface area (Å²) in [5.74, 6) is 0. The minimum Gasteiger partial charge on any atom is -1.00 e. The van der Waals surface area contributed by atoms with Crippen molar-refractivity contribution in [3.63, 3.8) is 0 Å². The van der Waals surface area contributed by atoms with Crippen molar-refractivity contribution in [3.05, 3.63) is 49.1 Å². The topological polar surface area (TPSA) is 7.76 Å². The lowest BCUT2D eigenvalue weighted by Gasteiger charge is -1.97. The second kappa shape index (κ2) is 6.46. The Morgan fingerprint density at radius 1 is 0.750 bits per heavy atom. The SMILES string of the molecule is [2H]C([2H])([2H])[n+]1ccc(-c2cc[n+](C([2H])([2H])[2H])cc2)cc1.[Cl-].[Cl-]. The zero-order valence-electron chi connectivity index (χ0n) is 14.3. The third-order valence-electron chi connectivity index (χ3n) is 1.99. The van der Waals surface area contributed by atoms with Crippen molar-refractivity contribution in [1.82, 2.24) is 0 Å². The van der Waals surface area contributed by atoms with E-state index >= 15 is 0 Å². The summed E-state index contributed by atoms with van der Waals surface area (Å²) in [5.41, 5.74) is 1.64. The van der Waals surface area contributed by atoms with Crippen molar-refractivity contribution in [2.75, 3.05) is 0 Å². The normalized spacial score (nSPS) is 16.0. The third-order valence-corrected chi connectivity index (χ3v) is 1.99. The van der Waals surface area contributed by atoms with Crippen LogP contribution in [0.3, 0.4) is 0 Å². The standard InChI is InChI=1S/C12H14N2.2ClH/c1-13-7-3-11(4-8-13)12-5-9-14(2)10-6-12;;/h3-10H,1-2H3;2*1H/q+2;;/p-2/i1D3,2D3;;. The molecule has 2 nitrogen and oxygen atoms in total. The Kier molecular flexibility index (Phi) is 2.93. The van der Waals surface area contributed by atoms with Gasteiger partial charge >= 0.3 is 0 Å². The van der Waals surface area contributed by atoms with Crippen LogP contribution in [0.1, 0.15) is 8.22 Å². The molecule has 0 aromatic carbocycles. The molecule has 2 rings (SSSR count). The predicted octanol–water partition coefficient (Wildman–Crippen LogP) is -4.99. The summed E-state index contributed by atoms with van der Waals surface area (Å²) in [5, 5.41) is 0. The number of hydrogen-bond acceptors (Lipinski definition) is 0. The van der Waals surface area contributed by atoms with Gasteiger partial charge in [0, 0.05) is 24.3 Å². The molecular formula is C12H14Cl2N2. The Morgan fingerprint density at radius 2 is 1.06 bits per heavy atom. The first-order valence-corrected chi connectivity index (χ1v) is 4.22. The Hall–Kier alpha value is -1.12. The molecule has 0 aliphatic rings.